The number of phenols is 1. The average Bonchev–Trinajstić information content (AvgIpc) is 2.95. The van der Waals surface area contributed by atoms with E-state index in [0.717, 1.165) is 33.9 Å². The molecule has 1 N–H and O–H groups in total. The van der Waals surface area contributed by atoms with Crippen LogP contribution < -0.4 is 4.43 Å². The average molecular weight is 545 g/mol. The lowest BCUT2D eigenvalue weighted by Gasteiger charge is -2.24. The van der Waals surface area contributed by atoms with Gasteiger partial charge in [-0.25, -0.2) is 0 Å². The molecule has 2 nitrogen and oxygen atoms in total. The first-order chi connectivity index (χ1) is 19.2. The third-order valence-electron chi connectivity index (χ3n) is 8.20. The molecule has 3 heteroatoms. The lowest BCUT2D eigenvalue weighted by atomic mass is 9.81. The van der Waals surface area contributed by atoms with E-state index in [1.54, 1.807) is 0 Å². The molecule has 0 heterocycles. The number of hydrogen-bond donors (Lipinski definition) is 1. The first-order valence-corrected chi connectivity index (χ1v) is 16.6. The van der Waals surface area contributed by atoms with Gasteiger partial charge in [0.25, 0.3) is 0 Å². The Kier molecular flexibility index (Phi) is 14.9. The zero-order valence-electron chi connectivity index (χ0n) is 24.7. The van der Waals surface area contributed by atoms with Crippen LogP contribution in [0.4, 0.5) is 0 Å². The second-order valence-corrected chi connectivity index (χ2v) is 11.7. The normalized spacial score (nSPS) is 12.9. The Balaban J connectivity index is 0.000000219. The van der Waals surface area contributed by atoms with E-state index < -0.39 is 0 Å². The van der Waals surface area contributed by atoms with Gasteiger partial charge in [-0.3, -0.25) is 0 Å². The monoisotopic (exact) mass is 544 g/mol. The molecule has 1 aliphatic rings. The van der Waals surface area contributed by atoms with Crippen LogP contribution >= 0.6 is 0 Å². The van der Waals surface area contributed by atoms with Crippen molar-refractivity contribution >= 4 is 10.5 Å². The van der Waals surface area contributed by atoms with Crippen LogP contribution in [-0.2, 0) is 0 Å². The Bertz CT molecular complexity index is 1030. The highest BCUT2D eigenvalue weighted by atomic mass is 28.2. The van der Waals surface area contributed by atoms with Gasteiger partial charge in [0.05, 0.1) is 5.56 Å². The molecule has 212 valence electrons. The Labute approximate surface area is 241 Å². The van der Waals surface area contributed by atoms with Gasteiger partial charge in [0.15, 0.2) is 0 Å². The van der Waals surface area contributed by atoms with Gasteiger partial charge in [-0.05, 0) is 29.2 Å². The van der Waals surface area contributed by atoms with Crippen molar-refractivity contribution in [1.29, 1.82) is 0 Å². The van der Waals surface area contributed by atoms with Crippen LogP contribution in [-0.4, -0.2) is 15.6 Å². The molecule has 0 radical (unpaired) electrons. The van der Waals surface area contributed by atoms with Crippen LogP contribution in [0.25, 0.3) is 22.3 Å². The zero-order chi connectivity index (χ0) is 27.5. The minimum atomic E-state index is 0.265. The highest BCUT2D eigenvalue weighted by Crippen LogP contribution is 2.43. The maximum absolute atomic E-state index is 10.7. The minimum absolute atomic E-state index is 0.265. The van der Waals surface area contributed by atoms with Crippen LogP contribution in [0.3, 0.4) is 0 Å². The molecule has 0 spiro atoms. The van der Waals surface area contributed by atoms with Crippen molar-refractivity contribution in [3.63, 3.8) is 0 Å². The van der Waals surface area contributed by atoms with Gasteiger partial charge in [0, 0.05) is 5.56 Å². The third-order valence-corrected chi connectivity index (χ3v) is 8.64. The highest BCUT2D eigenvalue weighted by Gasteiger charge is 2.16. The van der Waals surface area contributed by atoms with E-state index in [4.69, 9.17) is 4.43 Å². The molecule has 0 unspecified atom stereocenters. The minimum Gasteiger partial charge on any atom is -0.553 e. The van der Waals surface area contributed by atoms with Gasteiger partial charge in [-0.15, -0.1) is 0 Å². The molecule has 3 aromatic carbocycles. The van der Waals surface area contributed by atoms with Crippen LogP contribution in [0, 0.1) is 5.92 Å². The fourth-order valence-electron chi connectivity index (χ4n) is 5.53. The Morgan fingerprint density at radius 1 is 0.667 bits per heavy atom. The van der Waals surface area contributed by atoms with E-state index >= 15 is 0 Å². The molecule has 3 aromatic rings. The molecule has 1 fully saturated rings. The van der Waals surface area contributed by atoms with Crippen LogP contribution in [0.15, 0.2) is 72.8 Å². The van der Waals surface area contributed by atoms with Crippen LogP contribution in [0.1, 0.15) is 110 Å². The third kappa shape index (κ3) is 10.9. The summed E-state index contributed by atoms with van der Waals surface area (Å²) in [4.78, 5) is 0. The summed E-state index contributed by atoms with van der Waals surface area (Å²) in [6.45, 7) is 2.30. The molecule has 0 atom stereocenters. The van der Waals surface area contributed by atoms with Gasteiger partial charge >= 0.3 is 0 Å². The zero-order valence-corrected chi connectivity index (χ0v) is 26.7. The van der Waals surface area contributed by atoms with Gasteiger partial charge in [-0.1, -0.05) is 170 Å². The predicted molar refractivity (Wildman–Crippen MR) is 173 cm³/mol. The molecule has 0 bridgehead atoms. The molecule has 0 aromatic heterocycles. The fraction of sp³-hybridized carbons (Fsp3) is 0.500. The summed E-state index contributed by atoms with van der Waals surface area (Å²) in [6.07, 6.45) is 23.9. The molecule has 1 aliphatic carbocycles. The Morgan fingerprint density at radius 2 is 1.18 bits per heavy atom. The molecular formula is C36H52O2Si. The summed E-state index contributed by atoms with van der Waals surface area (Å²) in [5, 5.41) is 10.7. The quantitative estimate of drug-likeness (QED) is 0.144. The van der Waals surface area contributed by atoms with E-state index in [1.807, 2.05) is 72.8 Å². The molecule has 0 saturated heterocycles. The smallest absolute Gasteiger partial charge is 0.204 e. The summed E-state index contributed by atoms with van der Waals surface area (Å²) in [5.74, 6) is 2.12. The molecule has 1 saturated carbocycles. The molecule has 0 amide bonds. The Morgan fingerprint density at radius 3 is 1.67 bits per heavy atom. The summed E-state index contributed by atoms with van der Waals surface area (Å²) >= 11 is 0. The summed E-state index contributed by atoms with van der Waals surface area (Å²) in [7, 11) is 0.581. The van der Waals surface area contributed by atoms with Crippen molar-refractivity contribution in [1.82, 2.24) is 0 Å². The first-order valence-electron chi connectivity index (χ1n) is 15.7. The standard InChI is InChI=1S/C18H16O2Si.C18H36/c19-18-15(13-7-3-1-4-8-13)11-12-16(20-21)17(18)14-9-5-2-6-10-14;1-2-3-4-5-6-7-8-9-10-11-12-13-15-18-16-14-17-18/h1-12,19H,21H3;18H,2-17H2,1H3. The lowest BCUT2D eigenvalue weighted by Crippen LogP contribution is -2.10. The van der Waals surface area contributed by atoms with Crippen LogP contribution in [0.5, 0.6) is 11.5 Å². The van der Waals surface area contributed by atoms with E-state index in [1.165, 1.54) is 103 Å². The predicted octanol–water partition coefficient (Wildman–Crippen LogP) is 10.3. The summed E-state index contributed by atoms with van der Waals surface area (Å²) in [5.41, 5.74) is 3.52. The Hall–Kier alpha value is -2.52. The van der Waals surface area contributed by atoms with E-state index in [-0.39, 0.29) is 5.75 Å². The van der Waals surface area contributed by atoms with Gasteiger partial charge in [-0.2, -0.15) is 0 Å². The largest absolute Gasteiger partial charge is 0.553 e. The van der Waals surface area contributed by atoms with Crippen molar-refractivity contribution in [3.8, 4) is 33.8 Å². The van der Waals surface area contributed by atoms with Gasteiger partial charge < -0.3 is 9.53 Å². The van der Waals surface area contributed by atoms with E-state index in [9.17, 15) is 5.11 Å². The number of phenolic OH excluding ortho intramolecular Hbond substituents is 1. The molecule has 0 aliphatic heterocycles. The topological polar surface area (TPSA) is 29.5 Å². The van der Waals surface area contributed by atoms with Crippen molar-refractivity contribution in [2.45, 2.75) is 110 Å². The maximum Gasteiger partial charge on any atom is 0.204 e. The second kappa shape index (κ2) is 18.7. The summed E-state index contributed by atoms with van der Waals surface area (Å²) in [6, 6.07) is 23.6. The number of rotatable bonds is 16. The van der Waals surface area contributed by atoms with E-state index in [2.05, 4.69) is 6.92 Å². The first kappa shape index (κ1) is 31.0. The fourth-order valence-corrected chi connectivity index (χ4v) is 5.87. The van der Waals surface area contributed by atoms with Crippen molar-refractivity contribution in [2.75, 3.05) is 0 Å². The van der Waals surface area contributed by atoms with Gasteiger partial charge in [0.1, 0.15) is 11.5 Å². The van der Waals surface area contributed by atoms with Gasteiger partial charge in [0.2, 0.25) is 10.5 Å². The van der Waals surface area contributed by atoms with Crippen molar-refractivity contribution in [3.05, 3.63) is 72.8 Å². The maximum atomic E-state index is 10.7. The number of aromatic hydroxyl groups is 1. The number of unbranched alkanes of at least 4 members (excludes halogenated alkanes) is 11. The SMILES string of the molecule is CCCCCCCCCCCCCCC1CCC1.Oc1c(-c2ccccc2)ccc(O[SiH3])c1-c1ccccc1. The molecular weight excluding hydrogens is 492 g/mol. The number of benzene rings is 3. The second-order valence-electron chi connectivity index (χ2n) is 11.2. The number of hydrogen-bond acceptors (Lipinski definition) is 2. The molecule has 39 heavy (non-hydrogen) atoms. The molecule has 4 rings (SSSR count). The van der Waals surface area contributed by atoms with E-state index in [0.29, 0.717) is 10.5 Å². The van der Waals surface area contributed by atoms with Crippen LogP contribution in [0.2, 0.25) is 0 Å². The highest BCUT2D eigenvalue weighted by molar-refractivity contribution is 6.01. The van der Waals surface area contributed by atoms with Crippen molar-refractivity contribution in [2.24, 2.45) is 5.92 Å². The lowest BCUT2D eigenvalue weighted by molar-refractivity contribution is 0.286. The van der Waals surface area contributed by atoms with Crippen molar-refractivity contribution < 1.29 is 9.53 Å². The summed E-state index contributed by atoms with van der Waals surface area (Å²) < 4.78 is 5.55.